The second-order valence-electron chi connectivity index (χ2n) is 3.21. The Morgan fingerprint density at radius 1 is 1.20 bits per heavy atom. The molecule has 0 fully saturated rings. The lowest BCUT2D eigenvalue weighted by Gasteiger charge is -2.12. The summed E-state index contributed by atoms with van der Waals surface area (Å²) in [4.78, 5) is 3.79. The fourth-order valence-electron chi connectivity index (χ4n) is 1.44. The first-order valence-corrected chi connectivity index (χ1v) is 4.29. The van der Waals surface area contributed by atoms with Gasteiger partial charge in [-0.1, -0.05) is 0 Å². The molecule has 1 aromatic carbocycles. The summed E-state index contributed by atoms with van der Waals surface area (Å²) in [6.07, 6.45) is 0. The van der Waals surface area contributed by atoms with Gasteiger partial charge in [-0.2, -0.15) is 0 Å². The van der Waals surface area contributed by atoms with Crippen LogP contribution >= 0.6 is 0 Å². The van der Waals surface area contributed by atoms with E-state index in [0.29, 0.717) is 6.07 Å². The minimum absolute atomic E-state index is 0.0260. The van der Waals surface area contributed by atoms with Crippen LogP contribution in [-0.4, -0.2) is 12.5 Å². The lowest BCUT2D eigenvalue weighted by atomic mass is 10.1. The van der Waals surface area contributed by atoms with E-state index in [0.717, 1.165) is 6.07 Å². The molecule has 0 aliphatic carbocycles. The van der Waals surface area contributed by atoms with Crippen molar-refractivity contribution in [3.63, 3.8) is 0 Å². The Hall–Kier alpha value is -1.72. The van der Waals surface area contributed by atoms with Gasteiger partial charge in [-0.3, -0.25) is 4.99 Å². The van der Waals surface area contributed by atoms with Gasteiger partial charge in [0.1, 0.15) is 5.82 Å². The minimum atomic E-state index is -1.21. The largest absolute Gasteiger partial charge is 0.370 e. The van der Waals surface area contributed by atoms with E-state index in [-0.39, 0.29) is 18.1 Å². The van der Waals surface area contributed by atoms with E-state index in [1.807, 2.05) is 0 Å². The molecule has 1 unspecified atom stereocenters. The van der Waals surface area contributed by atoms with Gasteiger partial charge in [0.25, 0.3) is 0 Å². The summed E-state index contributed by atoms with van der Waals surface area (Å²) in [6, 6.07) is 0.803. The molecule has 0 radical (unpaired) electrons. The number of guanidine groups is 1. The molecular formula is C9H8F3N3. The Kier molecular flexibility index (Phi) is 2.26. The van der Waals surface area contributed by atoms with Crippen LogP contribution in [0.5, 0.6) is 0 Å². The lowest BCUT2D eigenvalue weighted by Crippen LogP contribution is -2.30. The standard InChI is InChI=1S/C9H8F3N3/c10-5-2-7(12)6(11)1-4(5)8-3-14-9(13)15-8/h1-2,8H,3H2,(H3,13,14,15). The van der Waals surface area contributed by atoms with Gasteiger partial charge < -0.3 is 11.1 Å². The number of rotatable bonds is 1. The third kappa shape index (κ3) is 1.74. The number of halogens is 3. The van der Waals surface area contributed by atoms with Crippen LogP contribution < -0.4 is 11.1 Å². The first kappa shape index (κ1) is 9.82. The number of hydrogen-bond acceptors (Lipinski definition) is 3. The first-order chi connectivity index (χ1) is 7.08. The Balaban J connectivity index is 2.33. The SMILES string of the molecule is NC1=NCC(c2cc(F)c(F)cc2F)N1. The predicted octanol–water partition coefficient (Wildman–Crippen LogP) is 1.06. The van der Waals surface area contributed by atoms with Gasteiger partial charge in [0.05, 0.1) is 12.6 Å². The van der Waals surface area contributed by atoms with Crippen molar-refractivity contribution in [1.82, 2.24) is 5.32 Å². The fraction of sp³-hybridized carbons (Fsp3) is 0.222. The predicted molar refractivity (Wildman–Crippen MR) is 48.7 cm³/mol. The van der Waals surface area contributed by atoms with Gasteiger partial charge in [0, 0.05) is 11.6 Å². The van der Waals surface area contributed by atoms with Crippen LogP contribution in [0.3, 0.4) is 0 Å². The smallest absolute Gasteiger partial charge is 0.189 e. The molecule has 0 saturated heterocycles. The van der Waals surface area contributed by atoms with Gasteiger partial charge in [-0.05, 0) is 6.07 Å². The molecule has 0 spiro atoms. The number of nitrogens with one attached hydrogen (secondary N) is 1. The zero-order chi connectivity index (χ0) is 11.0. The van der Waals surface area contributed by atoms with Gasteiger partial charge >= 0.3 is 0 Å². The maximum atomic E-state index is 13.3. The van der Waals surface area contributed by atoms with Crippen LogP contribution in [0, 0.1) is 17.5 Å². The van der Waals surface area contributed by atoms with Crippen LogP contribution in [-0.2, 0) is 0 Å². The van der Waals surface area contributed by atoms with Gasteiger partial charge in [0.15, 0.2) is 17.6 Å². The topological polar surface area (TPSA) is 50.4 Å². The number of benzene rings is 1. The number of nitrogens with zero attached hydrogens (tertiary/aromatic N) is 1. The fourth-order valence-corrected chi connectivity index (χ4v) is 1.44. The van der Waals surface area contributed by atoms with E-state index < -0.39 is 23.5 Å². The second-order valence-corrected chi connectivity index (χ2v) is 3.21. The minimum Gasteiger partial charge on any atom is -0.370 e. The molecular weight excluding hydrogens is 207 g/mol. The molecule has 15 heavy (non-hydrogen) atoms. The Bertz CT molecular complexity index is 431. The molecule has 80 valence electrons. The molecule has 0 aromatic heterocycles. The van der Waals surface area contributed by atoms with Crippen LogP contribution in [0.4, 0.5) is 13.2 Å². The van der Waals surface area contributed by atoms with E-state index in [4.69, 9.17) is 5.73 Å². The van der Waals surface area contributed by atoms with Crippen molar-refractivity contribution < 1.29 is 13.2 Å². The summed E-state index contributed by atoms with van der Waals surface area (Å²) >= 11 is 0. The molecule has 1 atom stereocenters. The summed E-state index contributed by atoms with van der Waals surface area (Å²) in [6.45, 7) is 0.216. The molecule has 3 N–H and O–H groups in total. The second kappa shape index (κ2) is 3.45. The molecule has 3 nitrogen and oxygen atoms in total. The lowest BCUT2D eigenvalue weighted by molar-refractivity contribution is 0.483. The van der Waals surface area contributed by atoms with Crippen molar-refractivity contribution in [2.75, 3.05) is 6.54 Å². The quantitative estimate of drug-likeness (QED) is 0.688. The third-order valence-electron chi connectivity index (χ3n) is 2.18. The van der Waals surface area contributed by atoms with Crippen molar-refractivity contribution in [2.24, 2.45) is 10.7 Å². The zero-order valence-corrected chi connectivity index (χ0v) is 7.60. The van der Waals surface area contributed by atoms with E-state index in [2.05, 4.69) is 10.3 Å². The molecule has 1 heterocycles. The average molecular weight is 215 g/mol. The van der Waals surface area contributed by atoms with Crippen LogP contribution in [0.1, 0.15) is 11.6 Å². The van der Waals surface area contributed by atoms with Crippen molar-refractivity contribution in [3.8, 4) is 0 Å². The summed E-state index contributed by atoms with van der Waals surface area (Å²) in [5, 5.41) is 2.66. The molecule has 2 rings (SSSR count). The molecule has 6 heteroatoms. The van der Waals surface area contributed by atoms with E-state index in [1.165, 1.54) is 0 Å². The van der Waals surface area contributed by atoms with Gasteiger partial charge in [-0.15, -0.1) is 0 Å². The molecule has 1 aliphatic rings. The summed E-state index contributed by atoms with van der Waals surface area (Å²) in [7, 11) is 0. The average Bonchev–Trinajstić information content (AvgIpc) is 2.58. The van der Waals surface area contributed by atoms with Crippen molar-refractivity contribution in [1.29, 1.82) is 0 Å². The Morgan fingerprint density at radius 3 is 2.47 bits per heavy atom. The summed E-state index contributed by atoms with van der Waals surface area (Å²) < 4.78 is 38.8. The monoisotopic (exact) mass is 215 g/mol. The van der Waals surface area contributed by atoms with Crippen LogP contribution in [0.2, 0.25) is 0 Å². The van der Waals surface area contributed by atoms with E-state index in [9.17, 15) is 13.2 Å². The molecule has 1 aromatic rings. The highest BCUT2D eigenvalue weighted by atomic mass is 19.2. The highest BCUT2D eigenvalue weighted by Gasteiger charge is 2.22. The third-order valence-corrected chi connectivity index (χ3v) is 2.18. The van der Waals surface area contributed by atoms with Gasteiger partial charge in [-0.25, -0.2) is 13.2 Å². The first-order valence-electron chi connectivity index (χ1n) is 4.29. The van der Waals surface area contributed by atoms with Crippen molar-refractivity contribution >= 4 is 5.96 Å². The highest BCUT2D eigenvalue weighted by Crippen LogP contribution is 2.22. The van der Waals surface area contributed by atoms with E-state index in [1.54, 1.807) is 0 Å². The Labute approximate surface area is 83.8 Å². The zero-order valence-electron chi connectivity index (χ0n) is 7.60. The molecule has 1 aliphatic heterocycles. The Morgan fingerprint density at radius 2 is 1.87 bits per heavy atom. The summed E-state index contributed by atoms with van der Waals surface area (Å²) in [5.74, 6) is -2.93. The molecule has 0 bridgehead atoms. The van der Waals surface area contributed by atoms with Crippen LogP contribution in [0.15, 0.2) is 17.1 Å². The normalized spacial score (nSPS) is 19.9. The maximum Gasteiger partial charge on any atom is 0.189 e. The number of nitrogens with two attached hydrogens (primary N) is 1. The summed E-state index contributed by atoms with van der Waals surface area (Å²) in [5.41, 5.74) is 5.36. The van der Waals surface area contributed by atoms with Crippen molar-refractivity contribution in [3.05, 3.63) is 35.1 Å². The van der Waals surface area contributed by atoms with Gasteiger partial charge in [0.2, 0.25) is 0 Å². The van der Waals surface area contributed by atoms with Crippen molar-refractivity contribution in [2.45, 2.75) is 6.04 Å². The number of aliphatic imine (C=N–C) groups is 1. The van der Waals surface area contributed by atoms with Crippen LogP contribution in [0.25, 0.3) is 0 Å². The highest BCUT2D eigenvalue weighted by molar-refractivity contribution is 5.80. The number of hydrogen-bond donors (Lipinski definition) is 2. The van der Waals surface area contributed by atoms with E-state index >= 15 is 0 Å². The maximum absolute atomic E-state index is 13.3. The molecule has 0 saturated carbocycles. The molecule has 0 amide bonds.